The largest absolute Gasteiger partial charge is 0.486 e. The molecule has 1 aliphatic heterocycles. The highest BCUT2D eigenvalue weighted by molar-refractivity contribution is 5.82. The first-order chi connectivity index (χ1) is 15.0. The molecule has 6 nitrogen and oxygen atoms in total. The van der Waals surface area contributed by atoms with Crippen LogP contribution in [0, 0.1) is 35.5 Å². The first-order valence-electron chi connectivity index (χ1n) is 11.8. The number of ether oxygens (including phenoxy) is 3. The maximum atomic E-state index is 12.9. The standard InChI is InChI=1S/C25H33NO5/c1-14(2)24(17-3-4-20-21(12-17)30-6-5-29-20)26-22(27)13-31-25(28)23-18-8-15-7-16(10-18)11-19(23)9-15/h3-4,12,14-16,18-19,23-24H,5-11,13H2,1-2H3,(H,26,27)/t15?,16?,18?,19?,23?,24-/m0/s1. The Bertz CT molecular complexity index is 822. The molecule has 0 aromatic heterocycles. The molecule has 1 N–H and O–H groups in total. The summed E-state index contributed by atoms with van der Waals surface area (Å²) in [6.45, 7) is 4.97. The molecule has 1 amide bonds. The van der Waals surface area contributed by atoms with Gasteiger partial charge in [-0.05, 0) is 79.4 Å². The summed E-state index contributed by atoms with van der Waals surface area (Å²) in [5.74, 6) is 3.74. The quantitative estimate of drug-likeness (QED) is 0.698. The summed E-state index contributed by atoms with van der Waals surface area (Å²) in [7, 11) is 0. The van der Waals surface area contributed by atoms with Gasteiger partial charge in [0, 0.05) is 0 Å². The van der Waals surface area contributed by atoms with Gasteiger partial charge < -0.3 is 19.5 Å². The lowest BCUT2D eigenvalue weighted by molar-refractivity contribution is -0.165. The van der Waals surface area contributed by atoms with Crippen LogP contribution in [0.4, 0.5) is 0 Å². The molecule has 1 aromatic rings. The zero-order valence-corrected chi connectivity index (χ0v) is 18.5. The van der Waals surface area contributed by atoms with Gasteiger partial charge in [-0.2, -0.15) is 0 Å². The van der Waals surface area contributed by atoms with Crippen molar-refractivity contribution in [3.63, 3.8) is 0 Å². The van der Waals surface area contributed by atoms with E-state index in [1.165, 1.54) is 32.1 Å². The Balaban J connectivity index is 1.19. The van der Waals surface area contributed by atoms with E-state index in [9.17, 15) is 9.59 Å². The van der Waals surface area contributed by atoms with Crippen LogP contribution in [0.1, 0.15) is 57.6 Å². The van der Waals surface area contributed by atoms with Crippen molar-refractivity contribution in [2.24, 2.45) is 35.5 Å². The molecule has 5 aliphatic rings. The number of carbonyl (C=O) groups excluding carboxylic acids is 2. The van der Waals surface area contributed by atoms with Crippen molar-refractivity contribution in [1.82, 2.24) is 5.32 Å². The highest BCUT2D eigenvalue weighted by Gasteiger charge is 2.51. The monoisotopic (exact) mass is 427 g/mol. The molecule has 4 saturated carbocycles. The average molecular weight is 428 g/mol. The van der Waals surface area contributed by atoms with E-state index in [4.69, 9.17) is 14.2 Å². The van der Waals surface area contributed by atoms with E-state index in [0.29, 0.717) is 30.8 Å². The van der Waals surface area contributed by atoms with Crippen LogP contribution in [0.25, 0.3) is 0 Å². The van der Waals surface area contributed by atoms with E-state index in [2.05, 4.69) is 19.2 Å². The highest BCUT2D eigenvalue weighted by atomic mass is 16.6. The molecule has 1 atom stereocenters. The van der Waals surface area contributed by atoms with Gasteiger partial charge in [0.15, 0.2) is 18.1 Å². The second kappa shape index (κ2) is 8.36. The second-order valence-corrected chi connectivity index (χ2v) is 10.3. The predicted octanol–water partition coefficient (Wildman–Crippen LogP) is 3.89. The number of hydrogen-bond donors (Lipinski definition) is 1. The summed E-state index contributed by atoms with van der Waals surface area (Å²) in [5, 5.41) is 3.05. The number of amides is 1. The third kappa shape index (κ3) is 4.13. The summed E-state index contributed by atoms with van der Waals surface area (Å²) in [6.07, 6.45) is 6.02. The van der Waals surface area contributed by atoms with Crippen LogP contribution < -0.4 is 14.8 Å². The minimum Gasteiger partial charge on any atom is -0.486 e. The molecule has 1 aromatic carbocycles. The van der Waals surface area contributed by atoms with Crippen molar-refractivity contribution < 1.29 is 23.8 Å². The summed E-state index contributed by atoms with van der Waals surface area (Å²) >= 11 is 0. The number of esters is 1. The minimum atomic E-state index is -0.259. The molecule has 6 rings (SSSR count). The molecule has 0 spiro atoms. The molecule has 4 bridgehead atoms. The van der Waals surface area contributed by atoms with Gasteiger partial charge >= 0.3 is 5.97 Å². The Morgan fingerprint density at radius 2 is 1.65 bits per heavy atom. The van der Waals surface area contributed by atoms with Gasteiger partial charge in [-0.3, -0.25) is 9.59 Å². The minimum absolute atomic E-state index is 0.000657. The summed E-state index contributed by atoms with van der Waals surface area (Å²) in [6, 6.07) is 5.58. The summed E-state index contributed by atoms with van der Waals surface area (Å²) < 4.78 is 16.8. The van der Waals surface area contributed by atoms with E-state index < -0.39 is 0 Å². The van der Waals surface area contributed by atoms with Gasteiger partial charge in [0.05, 0.1) is 12.0 Å². The van der Waals surface area contributed by atoms with Gasteiger partial charge in [-0.25, -0.2) is 0 Å². The Morgan fingerprint density at radius 3 is 2.29 bits per heavy atom. The predicted molar refractivity (Wildman–Crippen MR) is 115 cm³/mol. The van der Waals surface area contributed by atoms with Gasteiger partial charge in [0.2, 0.25) is 0 Å². The summed E-state index contributed by atoms with van der Waals surface area (Å²) in [4.78, 5) is 25.5. The number of carbonyl (C=O) groups is 2. The van der Waals surface area contributed by atoms with E-state index in [-0.39, 0.29) is 36.4 Å². The third-order valence-corrected chi connectivity index (χ3v) is 7.75. The molecule has 4 aliphatic carbocycles. The van der Waals surface area contributed by atoms with Crippen molar-refractivity contribution in [1.29, 1.82) is 0 Å². The molecular weight excluding hydrogens is 394 g/mol. The number of benzene rings is 1. The molecule has 1 heterocycles. The van der Waals surface area contributed by atoms with Crippen LogP contribution in [-0.2, 0) is 14.3 Å². The fourth-order valence-electron chi connectivity index (χ4n) is 6.65. The topological polar surface area (TPSA) is 73.9 Å². The zero-order chi connectivity index (χ0) is 21.5. The van der Waals surface area contributed by atoms with Gasteiger partial charge in [0.25, 0.3) is 5.91 Å². The fourth-order valence-corrected chi connectivity index (χ4v) is 6.65. The van der Waals surface area contributed by atoms with Crippen molar-refractivity contribution in [2.75, 3.05) is 19.8 Å². The zero-order valence-electron chi connectivity index (χ0n) is 18.5. The maximum Gasteiger partial charge on any atom is 0.310 e. The molecule has 0 unspecified atom stereocenters. The molecule has 6 heteroatoms. The molecule has 31 heavy (non-hydrogen) atoms. The van der Waals surface area contributed by atoms with E-state index in [1.54, 1.807) is 0 Å². The van der Waals surface area contributed by atoms with Crippen LogP contribution in [0.5, 0.6) is 11.5 Å². The van der Waals surface area contributed by atoms with E-state index in [1.807, 2.05) is 18.2 Å². The Kier molecular flexibility index (Phi) is 5.57. The first-order valence-corrected chi connectivity index (χ1v) is 11.8. The second-order valence-electron chi connectivity index (χ2n) is 10.3. The number of rotatable bonds is 6. The molecule has 0 radical (unpaired) electrons. The number of nitrogens with one attached hydrogen (secondary N) is 1. The van der Waals surface area contributed by atoms with Crippen LogP contribution in [-0.4, -0.2) is 31.7 Å². The Labute approximate surface area is 184 Å². The van der Waals surface area contributed by atoms with Crippen LogP contribution in [0.15, 0.2) is 18.2 Å². The molecule has 0 saturated heterocycles. The lowest BCUT2D eigenvalue weighted by Gasteiger charge is -2.53. The average Bonchev–Trinajstić information content (AvgIpc) is 2.74. The number of fused-ring (bicyclic) bond motifs is 1. The van der Waals surface area contributed by atoms with Crippen LogP contribution in [0.3, 0.4) is 0 Å². The fraction of sp³-hybridized carbons (Fsp3) is 0.680. The maximum absolute atomic E-state index is 12.9. The summed E-state index contributed by atoms with van der Waals surface area (Å²) in [5.41, 5.74) is 0.958. The van der Waals surface area contributed by atoms with E-state index >= 15 is 0 Å². The van der Waals surface area contributed by atoms with E-state index in [0.717, 1.165) is 23.1 Å². The molecular formula is C25H33NO5. The van der Waals surface area contributed by atoms with Crippen molar-refractivity contribution >= 4 is 11.9 Å². The lowest BCUT2D eigenvalue weighted by atomic mass is 9.52. The smallest absolute Gasteiger partial charge is 0.310 e. The van der Waals surface area contributed by atoms with Crippen molar-refractivity contribution in [3.05, 3.63) is 23.8 Å². The van der Waals surface area contributed by atoms with Gasteiger partial charge in [-0.15, -0.1) is 0 Å². The first kappa shape index (κ1) is 20.7. The highest BCUT2D eigenvalue weighted by Crippen LogP contribution is 2.56. The molecule has 4 fully saturated rings. The van der Waals surface area contributed by atoms with Crippen LogP contribution in [0.2, 0.25) is 0 Å². The Morgan fingerprint density at radius 1 is 1.00 bits per heavy atom. The SMILES string of the molecule is CC(C)[C@H](NC(=O)COC(=O)C1C2CC3CC(C2)CC1C3)c1ccc2c(c1)OCCO2. The Hall–Kier alpha value is -2.24. The third-order valence-electron chi connectivity index (χ3n) is 7.75. The normalized spacial score (nSPS) is 31.4. The molecule has 168 valence electrons. The van der Waals surface area contributed by atoms with Crippen molar-refractivity contribution in [3.8, 4) is 11.5 Å². The van der Waals surface area contributed by atoms with Gasteiger partial charge in [-0.1, -0.05) is 19.9 Å². The van der Waals surface area contributed by atoms with Crippen molar-refractivity contribution in [2.45, 2.75) is 52.0 Å². The van der Waals surface area contributed by atoms with Crippen LogP contribution >= 0.6 is 0 Å². The number of hydrogen-bond acceptors (Lipinski definition) is 5. The van der Waals surface area contributed by atoms with Gasteiger partial charge in [0.1, 0.15) is 13.2 Å². The lowest BCUT2D eigenvalue weighted by Crippen LogP contribution is -2.48.